The molecule has 0 saturated carbocycles. The first-order chi connectivity index (χ1) is 10.4. The predicted octanol–water partition coefficient (Wildman–Crippen LogP) is 1.61. The topological polar surface area (TPSA) is 66.6 Å². The summed E-state index contributed by atoms with van der Waals surface area (Å²) in [6, 6.07) is 0.319. The highest BCUT2D eigenvalue weighted by Gasteiger charge is 2.36. The fourth-order valence-electron chi connectivity index (χ4n) is 3.62. The summed E-state index contributed by atoms with van der Waals surface area (Å²) in [4.78, 5) is 28.2. The van der Waals surface area contributed by atoms with Crippen LogP contribution >= 0.6 is 0 Å². The summed E-state index contributed by atoms with van der Waals surface area (Å²) in [7, 11) is 0. The summed E-state index contributed by atoms with van der Waals surface area (Å²) >= 11 is 0. The quantitative estimate of drug-likeness (QED) is 0.839. The van der Waals surface area contributed by atoms with Crippen LogP contribution in [0.25, 0.3) is 0 Å². The van der Waals surface area contributed by atoms with Crippen molar-refractivity contribution in [1.82, 2.24) is 9.80 Å². The molecule has 2 atom stereocenters. The van der Waals surface area contributed by atoms with Crippen molar-refractivity contribution < 1.29 is 9.59 Å². The van der Waals surface area contributed by atoms with Crippen LogP contribution in [0.3, 0.4) is 0 Å². The third kappa shape index (κ3) is 4.00. The minimum absolute atomic E-state index is 0.0896. The molecule has 2 fully saturated rings. The van der Waals surface area contributed by atoms with E-state index >= 15 is 0 Å². The largest absolute Gasteiger partial charge is 0.368 e. The fraction of sp³-hybridized carbons (Fsp3) is 0.882. The Morgan fingerprint density at radius 1 is 1.09 bits per heavy atom. The minimum atomic E-state index is -0.193. The number of primary amides is 1. The maximum Gasteiger partial charge on any atom is 0.234 e. The molecule has 2 aliphatic rings. The lowest BCUT2D eigenvalue weighted by Gasteiger charge is -2.39. The number of carbonyl (C=O) groups excluding carboxylic acids is 2. The van der Waals surface area contributed by atoms with Gasteiger partial charge >= 0.3 is 0 Å². The van der Waals surface area contributed by atoms with Gasteiger partial charge in [0.05, 0.1) is 6.04 Å². The third-order valence-corrected chi connectivity index (χ3v) is 5.54. The standard InChI is InChI=1S/C17H31N3O2/c1-12(2)13(3)11-16(21)19-9-6-14(7-10-19)20-8-4-5-15(20)17(18)22/h12-15H,4-11H2,1-3H3,(H2,18,22). The molecule has 0 radical (unpaired) electrons. The van der Waals surface area contributed by atoms with E-state index in [1.807, 2.05) is 4.90 Å². The molecule has 2 amide bonds. The molecule has 126 valence electrons. The van der Waals surface area contributed by atoms with E-state index in [9.17, 15) is 9.59 Å². The van der Waals surface area contributed by atoms with Crippen LogP contribution in [0.4, 0.5) is 0 Å². The number of piperidine rings is 1. The molecule has 2 unspecified atom stereocenters. The second-order valence-electron chi connectivity index (χ2n) is 7.34. The number of nitrogens with two attached hydrogens (primary N) is 1. The van der Waals surface area contributed by atoms with Crippen molar-refractivity contribution in [3.63, 3.8) is 0 Å². The molecule has 5 nitrogen and oxygen atoms in total. The zero-order valence-corrected chi connectivity index (χ0v) is 14.3. The predicted molar refractivity (Wildman–Crippen MR) is 87.1 cm³/mol. The van der Waals surface area contributed by atoms with Crippen LogP contribution in [0.2, 0.25) is 0 Å². The number of amides is 2. The zero-order valence-electron chi connectivity index (χ0n) is 14.3. The summed E-state index contributed by atoms with van der Waals surface area (Å²) in [5.41, 5.74) is 5.51. The Kier molecular flexibility index (Phi) is 5.84. The van der Waals surface area contributed by atoms with Gasteiger partial charge < -0.3 is 10.6 Å². The van der Waals surface area contributed by atoms with Crippen molar-refractivity contribution in [2.75, 3.05) is 19.6 Å². The second kappa shape index (κ2) is 7.44. The molecule has 0 aliphatic carbocycles. The van der Waals surface area contributed by atoms with Gasteiger partial charge in [0.2, 0.25) is 11.8 Å². The van der Waals surface area contributed by atoms with Gasteiger partial charge in [-0.25, -0.2) is 0 Å². The molecule has 0 aromatic carbocycles. The zero-order chi connectivity index (χ0) is 16.3. The number of nitrogens with zero attached hydrogens (tertiary/aromatic N) is 2. The van der Waals surface area contributed by atoms with E-state index < -0.39 is 0 Å². The molecule has 5 heteroatoms. The fourth-order valence-corrected chi connectivity index (χ4v) is 3.62. The van der Waals surface area contributed by atoms with Gasteiger partial charge in [-0.1, -0.05) is 20.8 Å². The summed E-state index contributed by atoms with van der Waals surface area (Å²) < 4.78 is 0. The lowest BCUT2D eigenvalue weighted by molar-refractivity contribution is -0.134. The Labute approximate surface area is 134 Å². The van der Waals surface area contributed by atoms with Gasteiger partial charge in [0.15, 0.2) is 0 Å². The Bertz CT molecular complexity index is 403. The van der Waals surface area contributed by atoms with Gasteiger partial charge in [-0.2, -0.15) is 0 Å². The SMILES string of the molecule is CC(C)C(C)CC(=O)N1CCC(N2CCCC2C(N)=O)CC1. The van der Waals surface area contributed by atoms with E-state index in [0.717, 1.165) is 45.3 Å². The van der Waals surface area contributed by atoms with Crippen LogP contribution in [0.15, 0.2) is 0 Å². The van der Waals surface area contributed by atoms with Crippen molar-refractivity contribution >= 4 is 11.8 Å². The first-order valence-electron chi connectivity index (χ1n) is 8.73. The van der Waals surface area contributed by atoms with Crippen molar-refractivity contribution in [3.05, 3.63) is 0 Å². The molecule has 0 bridgehead atoms. The average molecular weight is 309 g/mol. The van der Waals surface area contributed by atoms with Crippen LogP contribution < -0.4 is 5.73 Å². The summed E-state index contributed by atoms with van der Waals surface area (Å²) in [5, 5.41) is 0. The average Bonchev–Trinajstić information content (AvgIpc) is 2.96. The molecule has 0 aromatic heterocycles. The van der Waals surface area contributed by atoms with Gasteiger partial charge in [-0.3, -0.25) is 14.5 Å². The van der Waals surface area contributed by atoms with Gasteiger partial charge in [-0.15, -0.1) is 0 Å². The van der Waals surface area contributed by atoms with E-state index in [2.05, 4.69) is 25.7 Å². The van der Waals surface area contributed by atoms with Crippen LogP contribution in [-0.4, -0.2) is 53.3 Å². The molecule has 2 rings (SSSR count). The lowest BCUT2D eigenvalue weighted by atomic mass is 9.93. The number of carbonyl (C=O) groups is 2. The second-order valence-corrected chi connectivity index (χ2v) is 7.34. The summed E-state index contributed by atoms with van der Waals surface area (Å²) in [6.45, 7) is 9.09. The highest BCUT2D eigenvalue weighted by Crippen LogP contribution is 2.26. The molecule has 2 N–H and O–H groups in total. The highest BCUT2D eigenvalue weighted by atomic mass is 16.2. The van der Waals surface area contributed by atoms with Crippen LogP contribution in [-0.2, 0) is 9.59 Å². The number of likely N-dealkylation sites (tertiary alicyclic amines) is 2. The van der Waals surface area contributed by atoms with E-state index in [-0.39, 0.29) is 17.9 Å². The summed E-state index contributed by atoms with van der Waals surface area (Å²) in [5.74, 6) is 1.07. The molecule has 2 heterocycles. The highest BCUT2D eigenvalue weighted by molar-refractivity contribution is 5.80. The maximum absolute atomic E-state index is 12.4. The maximum atomic E-state index is 12.4. The van der Waals surface area contributed by atoms with Crippen molar-refractivity contribution in [2.24, 2.45) is 17.6 Å². The Balaban J connectivity index is 1.83. The summed E-state index contributed by atoms with van der Waals surface area (Å²) in [6.07, 6.45) is 4.52. The molecular weight excluding hydrogens is 278 g/mol. The van der Waals surface area contributed by atoms with Crippen LogP contribution in [0, 0.1) is 11.8 Å². The molecule has 2 aliphatic heterocycles. The number of hydrogen-bond acceptors (Lipinski definition) is 3. The van der Waals surface area contributed by atoms with Crippen LogP contribution in [0.1, 0.15) is 52.9 Å². The Morgan fingerprint density at radius 2 is 1.73 bits per heavy atom. The van der Waals surface area contributed by atoms with Crippen LogP contribution in [0.5, 0.6) is 0 Å². The molecular formula is C17H31N3O2. The van der Waals surface area contributed by atoms with Gasteiger partial charge in [0, 0.05) is 25.6 Å². The first kappa shape index (κ1) is 17.3. The van der Waals surface area contributed by atoms with Crippen molar-refractivity contribution in [1.29, 1.82) is 0 Å². The van der Waals surface area contributed by atoms with E-state index in [0.29, 0.717) is 24.3 Å². The third-order valence-electron chi connectivity index (χ3n) is 5.54. The molecule has 22 heavy (non-hydrogen) atoms. The van der Waals surface area contributed by atoms with E-state index in [1.54, 1.807) is 0 Å². The van der Waals surface area contributed by atoms with E-state index in [1.165, 1.54) is 0 Å². The first-order valence-corrected chi connectivity index (χ1v) is 8.73. The van der Waals surface area contributed by atoms with Gasteiger partial charge in [0.1, 0.15) is 0 Å². The number of hydrogen-bond donors (Lipinski definition) is 1. The lowest BCUT2D eigenvalue weighted by Crippen LogP contribution is -2.51. The smallest absolute Gasteiger partial charge is 0.234 e. The Morgan fingerprint density at radius 3 is 2.27 bits per heavy atom. The van der Waals surface area contributed by atoms with Crippen molar-refractivity contribution in [2.45, 2.75) is 65.0 Å². The molecule has 2 saturated heterocycles. The monoisotopic (exact) mass is 309 g/mol. The normalized spacial score (nSPS) is 25.6. The molecule has 0 aromatic rings. The molecule has 0 spiro atoms. The van der Waals surface area contributed by atoms with Gasteiger partial charge in [0.25, 0.3) is 0 Å². The van der Waals surface area contributed by atoms with E-state index in [4.69, 9.17) is 5.73 Å². The minimum Gasteiger partial charge on any atom is -0.368 e. The van der Waals surface area contributed by atoms with Crippen molar-refractivity contribution in [3.8, 4) is 0 Å². The number of rotatable bonds is 5. The van der Waals surface area contributed by atoms with Gasteiger partial charge in [-0.05, 0) is 44.1 Å². The Hall–Kier alpha value is -1.10.